The molecule has 0 fully saturated rings. The molecular formula is C22H18ClNO4. The van der Waals surface area contributed by atoms with Crippen molar-refractivity contribution >= 4 is 29.5 Å². The predicted octanol–water partition coefficient (Wildman–Crippen LogP) is 4.81. The molecule has 0 saturated carbocycles. The largest absolute Gasteiger partial charge is 0.489 e. The average Bonchev–Trinajstić information content (AvgIpc) is 3.06. The zero-order chi connectivity index (χ0) is 19.9. The van der Waals surface area contributed by atoms with E-state index >= 15 is 0 Å². The van der Waals surface area contributed by atoms with Crippen molar-refractivity contribution in [2.75, 3.05) is 13.2 Å². The van der Waals surface area contributed by atoms with Gasteiger partial charge in [0.2, 0.25) is 5.90 Å². The van der Waals surface area contributed by atoms with Gasteiger partial charge in [-0.2, -0.15) is 0 Å². The highest BCUT2D eigenvalue weighted by Crippen LogP contribution is 2.29. The van der Waals surface area contributed by atoms with E-state index in [0.717, 1.165) is 0 Å². The number of halogens is 1. The summed E-state index contributed by atoms with van der Waals surface area (Å²) >= 11 is 6.16. The fraction of sp³-hybridized carbons (Fsp3) is 0.0909. The van der Waals surface area contributed by atoms with E-state index in [1.807, 2.05) is 0 Å². The number of benzene rings is 2. The summed E-state index contributed by atoms with van der Waals surface area (Å²) in [6.07, 6.45) is 4.88. The van der Waals surface area contributed by atoms with Crippen molar-refractivity contribution in [1.29, 1.82) is 0 Å². The molecule has 0 atom stereocenters. The summed E-state index contributed by atoms with van der Waals surface area (Å²) in [5, 5.41) is 0.453. The van der Waals surface area contributed by atoms with Crippen LogP contribution in [0.4, 0.5) is 0 Å². The molecule has 28 heavy (non-hydrogen) atoms. The van der Waals surface area contributed by atoms with E-state index in [0.29, 0.717) is 40.9 Å². The maximum absolute atomic E-state index is 12.3. The van der Waals surface area contributed by atoms with Crippen molar-refractivity contribution in [2.45, 2.75) is 0 Å². The molecule has 1 aliphatic rings. The normalized spacial score (nSPS) is 14.4. The molecule has 2 aromatic carbocycles. The Morgan fingerprint density at radius 1 is 1.07 bits per heavy atom. The van der Waals surface area contributed by atoms with E-state index in [2.05, 4.69) is 18.2 Å². The topological polar surface area (TPSA) is 57.1 Å². The summed E-state index contributed by atoms with van der Waals surface area (Å²) in [6.45, 7) is 7.96. The van der Waals surface area contributed by atoms with E-state index in [4.69, 9.17) is 25.8 Å². The summed E-state index contributed by atoms with van der Waals surface area (Å²) in [7, 11) is 0. The third-order valence-electron chi connectivity index (χ3n) is 3.73. The molecular weight excluding hydrogens is 378 g/mol. The Kier molecular flexibility index (Phi) is 6.29. The van der Waals surface area contributed by atoms with Gasteiger partial charge in [0.15, 0.2) is 5.70 Å². The molecule has 2 aromatic rings. The lowest BCUT2D eigenvalue weighted by Crippen LogP contribution is -2.05. The number of hydrogen-bond acceptors (Lipinski definition) is 5. The highest BCUT2D eigenvalue weighted by molar-refractivity contribution is 6.34. The Morgan fingerprint density at radius 2 is 1.82 bits per heavy atom. The highest BCUT2D eigenvalue weighted by atomic mass is 35.5. The number of carbonyl (C=O) groups excluding carboxylic acids is 1. The van der Waals surface area contributed by atoms with Crippen LogP contribution in [0.25, 0.3) is 6.08 Å². The quantitative estimate of drug-likeness (QED) is 0.365. The van der Waals surface area contributed by atoms with Crippen molar-refractivity contribution in [3.05, 3.63) is 89.6 Å². The molecule has 6 heteroatoms. The zero-order valence-electron chi connectivity index (χ0n) is 15.1. The van der Waals surface area contributed by atoms with E-state index in [1.165, 1.54) is 0 Å². The molecule has 0 aromatic heterocycles. The van der Waals surface area contributed by atoms with Gasteiger partial charge >= 0.3 is 5.97 Å². The van der Waals surface area contributed by atoms with Gasteiger partial charge < -0.3 is 14.2 Å². The summed E-state index contributed by atoms with van der Waals surface area (Å²) in [5.41, 5.74) is 1.36. The average molecular weight is 396 g/mol. The Hall–Kier alpha value is -3.31. The Balaban J connectivity index is 1.94. The van der Waals surface area contributed by atoms with Gasteiger partial charge in [0, 0.05) is 11.6 Å². The number of cyclic esters (lactones) is 1. The second-order valence-electron chi connectivity index (χ2n) is 5.71. The molecule has 0 amide bonds. The van der Waals surface area contributed by atoms with E-state index in [1.54, 1.807) is 60.7 Å². The van der Waals surface area contributed by atoms with Crippen molar-refractivity contribution in [3.63, 3.8) is 0 Å². The lowest BCUT2D eigenvalue weighted by atomic mass is 10.1. The van der Waals surface area contributed by atoms with Gasteiger partial charge in [-0.1, -0.05) is 49.0 Å². The minimum atomic E-state index is -0.559. The van der Waals surface area contributed by atoms with Crippen LogP contribution in [-0.2, 0) is 9.53 Å². The number of nitrogens with zero attached hydrogens (tertiary/aromatic N) is 1. The fourth-order valence-electron chi connectivity index (χ4n) is 2.46. The van der Waals surface area contributed by atoms with Crippen molar-refractivity contribution < 1.29 is 19.0 Å². The van der Waals surface area contributed by atoms with Crippen LogP contribution in [0.1, 0.15) is 11.1 Å². The van der Waals surface area contributed by atoms with Crippen LogP contribution in [0.15, 0.2) is 78.5 Å². The molecule has 1 heterocycles. The maximum atomic E-state index is 12.3. The highest BCUT2D eigenvalue weighted by Gasteiger charge is 2.25. The van der Waals surface area contributed by atoms with Crippen molar-refractivity contribution in [3.8, 4) is 11.5 Å². The molecule has 3 rings (SSSR count). The standard InChI is InChI=1S/C22H18ClNO4/c1-3-11-26-16-10-9-15(20(14-16)27-12-4-2)13-19-22(25)28-21(24-19)17-7-5-6-8-18(17)23/h3-10,13-14H,1-2,11-12H2. The molecule has 5 nitrogen and oxygen atoms in total. The number of rotatable bonds is 8. The van der Waals surface area contributed by atoms with Gasteiger partial charge in [-0.25, -0.2) is 9.79 Å². The Labute approximate surface area is 168 Å². The summed E-state index contributed by atoms with van der Waals surface area (Å²) in [6, 6.07) is 12.3. The van der Waals surface area contributed by atoms with Crippen LogP contribution in [0.5, 0.6) is 11.5 Å². The van der Waals surface area contributed by atoms with Gasteiger partial charge in [-0.15, -0.1) is 0 Å². The SMILES string of the molecule is C=CCOc1ccc(C=C2N=C(c3ccccc3Cl)OC2=O)c(OCC=C)c1. The smallest absolute Gasteiger partial charge is 0.363 e. The van der Waals surface area contributed by atoms with Gasteiger partial charge in [-0.05, 0) is 30.3 Å². The third-order valence-corrected chi connectivity index (χ3v) is 4.06. The minimum Gasteiger partial charge on any atom is -0.489 e. The van der Waals surface area contributed by atoms with Gasteiger partial charge in [-0.3, -0.25) is 0 Å². The van der Waals surface area contributed by atoms with E-state index in [-0.39, 0.29) is 11.6 Å². The number of esters is 1. The molecule has 0 saturated heterocycles. The number of aliphatic imine (C=N–C) groups is 1. The van der Waals surface area contributed by atoms with Crippen LogP contribution in [-0.4, -0.2) is 25.1 Å². The summed E-state index contributed by atoms with van der Waals surface area (Å²) < 4.78 is 16.5. The second kappa shape index (κ2) is 9.06. The van der Waals surface area contributed by atoms with E-state index < -0.39 is 5.97 Å². The maximum Gasteiger partial charge on any atom is 0.363 e. The molecule has 0 aliphatic carbocycles. The Bertz CT molecular complexity index is 978. The van der Waals surface area contributed by atoms with Crippen LogP contribution < -0.4 is 9.47 Å². The van der Waals surface area contributed by atoms with Crippen molar-refractivity contribution in [2.24, 2.45) is 4.99 Å². The van der Waals surface area contributed by atoms with Crippen molar-refractivity contribution in [1.82, 2.24) is 0 Å². The van der Waals surface area contributed by atoms with Crippen LogP contribution in [0.2, 0.25) is 5.02 Å². The third kappa shape index (κ3) is 4.50. The van der Waals surface area contributed by atoms with E-state index in [9.17, 15) is 4.79 Å². The molecule has 1 aliphatic heterocycles. The first-order valence-electron chi connectivity index (χ1n) is 8.51. The Morgan fingerprint density at radius 3 is 2.57 bits per heavy atom. The fourth-order valence-corrected chi connectivity index (χ4v) is 2.68. The number of carbonyl (C=O) groups is 1. The molecule has 0 spiro atoms. The molecule has 0 unspecified atom stereocenters. The monoisotopic (exact) mass is 395 g/mol. The first-order chi connectivity index (χ1) is 13.6. The van der Waals surface area contributed by atoms with Gasteiger partial charge in [0.05, 0.1) is 10.6 Å². The summed E-state index contributed by atoms with van der Waals surface area (Å²) in [5.74, 6) is 0.761. The minimum absolute atomic E-state index is 0.151. The number of hydrogen-bond donors (Lipinski definition) is 0. The van der Waals surface area contributed by atoms with Crippen LogP contribution in [0, 0.1) is 0 Å². The molecule has 142 valence electrons. The summed E-state index contributed by atoms with van der Waals surface area (Å²) in [4.78, 5) is 16.6. The zero-order valence-corrected chi connectivity index (χ0v) is 15.8. The second-order valence-corrected chi connectivity index (χ2v) is 6.12. The first-order valence-corrected chi connectivity index (χ1v) is 8.89. The predicted molar refractivity (Wildman–Crippen MR) is 110 cm³/mol. The molecule has 0 N–H and O–H groups in total. The van der Waals surface area contributed by atoms with Crippen LogP contribution >= 0.6 is 11.6 Å². The molecule has 0 radical (unpaired) electrons. The number of ether oxygens (including phenoxy) is 3. The van der Waals surface area contributed by atoms with Gasteiger partial charge in [0.25, 0.3) is 0 Å². The van der Waals surface area contributed by atoms with Crippen LogP contribution in [0.3, 0.4) is 0 Å². The first kappa shape index (κ1) is 19.5. The van der Waals surface area contributed by atoms with Gasteiger partial charge in [0.1, 0.15) is 24.7 Å². The lowest BCUT2D eigenvalue weighted by molar-refractivity contribution is -0.129. The molecule has 0 bridgehead atoms. The lowest BCUT2D eigenvalue weighted by Gasteiger charge is -2.10.